The second kappa shape index (κ2) is 9.19. The highest BCUT2D eigenvalue weighted by Crippen LogP contribution is 2.35. The van der Waals surface area contributed by atoms with Crippen LogP contribution in [-0.4, -0.2) is 34.0 Å². The standard InChI is InChI=1S/C25H25BrN2O4S/c1-17-9-12-23(32-3)24(13-17)33(30,31)27(21-7-5-4-6-8-21)16-25(29)28-18(2)14-19-15-20(26)10-11-22(19)28/h4-13,15,18H,14,16H2,1-3H3/t18-/m0/s1. The second-order valence-electron chi connectivity index (χ2n) is 8.09. The lowest BCUT2D eigenvalue weighted by atomic mass is 10.1. The van der Waals surface area contributed by atoms with Gasteiger partial charge >= 0.3 is 0 Å². The number of para-hydroxylation sites is 1. The van der Waals surface area contributed by atoms with Crippen molar-refractivity contribution in [2.45, 2.75) is 31.2 Å². The Morgan fingerprint density at radius 1 is 1.12 bits per heavy atom. The van der Waals surface area contributed by atoms with Crippen LogP contribution in [-0.2, 0) is 21.2 Å². The minimum atomic E-state index is -4.09. The molecule has 1 aliphatic heterocycles. The van der Waals surface area contributed by atoms with Crippen LogP contribution < -0.4 is 13.9 Å². The molecule has 0 unspecified atom stereocenters. The molecule has 33 heavy (non-hydrogen) atoms. The summed E-state index contributed by atoms with van der Waals surface area (Å²) in [6.07, 6.45) is 0.713. The fraction of sp³-hybridized carbons (Fsp3) is 0.240. The van der Waals surface area contributed by atoms with Crippen LogP contribution in [0.5, 0.6) is 5.75 Å². The lowest BCUT2D eigenvalue weighted by Crippen LogP contribution is -2.45. The highest BCUT2D eigenvalue weighted by Gasteiger charge is 2.36. The van der Waals surface area contributed by atoms with Gasteiger partial charge in [0.1, 0.15) is 17.2 Å². The molecule has 0 radical (unpaired) electrons. The Morgan fingerprint density at radius 3 is 2.55 bits per heavy atom. The van der Waals surface area contributed by atoms with E-state index >= 15 is 0 Å². The van der Waals surface area contributed by atoms with E-state index in [4.69, 9.17) is 4.74 Å². The van der Waals surface area contributed by atoms with Gasteiger partial charge in [-0.3, -0.25) is 9.10 Å². The van der Waals surface area contributed by atoms with Crippen molar-refractivity contribution in [2.75, 3.05) is 22.9 Å². The van der Waals surface area contributed by atoms with Gasteiger partial charge in [0.25, 0.3) is 10.0 Å². The third kappa shape index (κ3) is 4.50. The van der Waals surface area contributed by atoms with Crippen molar-refractivity contribution in [1.82, 2.24) is 0 Å². The molecule has 6 nitrogen and oxygen atoms in total. The van der Waals surface area contributed by atoms with E-state index in [0.717, 1.165) is 25.6 Å². The van der Waals surface area contributed by atoms with E-state index in [1.165, 1.54) is 7.11 Å². The first-order chi connectivity index (χ1) is 15.7. The minimum absolute atomic E-state index is 0.0282. The predicted molar refractivity (Wildman–Crippen MR) is 133 cm³/mol. The average molecular weight is 529 g/mol. The molecule has 4 rings (SSSR count). The summed E-state index contributed by atoms with van der Waals surface area (Å²) in [5, 5.41) is 0. The fourth-order valence-electron chi connectivity index (χ4n) is 4.19. The van der Waals surface area contributed by atoms with E-state index in [9.17, 15) is 13.2 Å². The molecule has 0 saturated carbocycles. The molecule has 3 aromatic carbocycles. The van der Waals surface area contributed by atoms with E-state index in [1.807, 2.05) is 32.0 Å². The molecule has 8 heteroatoms. The Morgan fingerprint density at radius 2 is 1.85 bits per heavy atom. The van der Waals surface area contributed by atoms with Gasteiger partial charge in [0, 0.05) is 16.2 Å². The first kappa shape index (κ1) is 23.3. The lowest BCUT2D eigenvalue weighted by Gasteiger charge is -2.29. The summed E-state index contributed by atoms with van der Waals surface area (Å²) in [4.78, 5) is 15.3. The van der Waals surface area contributed by atoms with Crippen LogP contribution in [0.4, 0.5) is 11.4 Å². The summed E-state index contributed by atoms with van der Waals surface area (Å²) >= 11 is 3.48. The maximum absolute atomic E-state index is 13.9. The Hall–Kier alpha value is -2.84. The van der Waals surface area contributed by atoms with Crippen molar-refractivity contribution in [1.29, 1.82) is 0 Å². The summed E-state index contributed by atoms with van der Waals surface area (Å²) in [6.45, 7) is 3.46. The van der Waals surface area contributed by atoms with E-state index in [0.29, 0.717) is 12.1 Å². The molecule has 0 N–H and O–H groups in total. The monoisotopic (exact) mass is 528 g/mol. The molecule has 1 amide bonds. The predicted octanol–water partition coefficient (Wildman–Crippen LogP) is 4.94. The minimum Gasteiger partial charge on any atom is -0.495 e. The third-order valence-corrected chi connectivity index (χ3v) is 8.02. The van der Waals surface area contributed by atoms with E-state index in [1.54, 1.807) is 53.4 Å². The number of methoxy groups -OCH3 is 1. The van der Waals surface area contributed by atoms with Crippen molar-refractivity contribution < 1.29 is 17.9 Å². The zero-order valence-electron chi connectivity index (χ0n) is 18.7. The maximum Gasteiger partial charge on any atom is 0.268 e. The Balaban J connectivity index is 1.76. The summed E-state index contributed by atoms with van der Waals surface area (Å²) in [7, 11) is -2.66. The van der Waals surface area contributed by atoms with Gasteiger partial charge in [-0.25, -0.2) is 8.42 Å². The molecule has 1 atom stereocenters. The number of carbonyl (C=O) groups is 1. The van der Waals surface area contributed by atoms with Gasteiger partial charge in [-0.1, -0.05) is 40.2 Å². The molecule has 1 aliphatic rings. The average Bonchev–Trinajstić information content (AvgIpc) is 3.12. The second-order valence-corrected chi connectivity index (χ2v) is 10.8. The van der Waals surface area contributed by atoms with Gasteiger partial charge in [-0.2, -0.15) is 0 Å². The summed E-state index contributed by atoms with van der Waals surface area (Å²) in [5.74, 6) is -0.0543. The smallest absolute Gasteiger partial charge is 0.268 e. The summed E-state index contributed by atoms with van der Waals surface area (Å²) < 4.78 is 35.2. The van der Waals surface area contributed by atoms with Crippen molar-refractivity contribution in [3.8, 4) is 5.75 Å². The number of sulfonamides is 1. The maximum atomic E-state index is 13.9. The Labute approximate surface area is 203 Å². The molecular weight excluding hydrogens is 504 g/mol. The van der Waals surface area contributed by atoms with Crippen LogP contribution in [0.15, 0.2) is 76.1 Å². The first-order valence-electron chi connectivity index (χ1n) is 10.6. The van der Waals surface area contributed by atoms with Crippen molar-refractivity contribution in [2.24, 2.45) is 0 Å². The van der Waals surface area contributed by atoms with Gasteiger partial charge in [-0.05, 0) is 73.9 Å². The summed E-state index contributed by atoms with van der Waals surface area (Å²) in [6, 6.07) is 19.4. The van der Waals surface area contributed by atoms with Crippen LogP contribution in [0.1, 0.15) is 18.1 Å². The van der Waals surface area contributed by atoms with Gasteiger partial charge in [0.05, 0.1) is 12.8 Å². The fourth-order valence-corrected chi connectivity index (χ4v) is 6.26. The van der Waals surface area contributed by atoms with Gasteiger partial charge < -0.3 is 9.64 Å². The van der Waals surface area contributed by atoms with Crippen LogP contribution in [0.3, 0.4) is 0 Å². The number of carbonyl (C=O) groups excluding carboxylic acids is 1. The number of anilines is 2. The summed E-state index contributed by atoms with van der Waals surface area (Å²) in [5.41, 5.74) is 3.06. The molecular formula is C25H25BrN2O4S. The van der Waals surface area contributed by atoms with Crippen molar-refractivity contribution in [3.05, 3.63) is 82.3 Å². The largest absolute Gasteiger partial charge is 0.495 e. The Kier molecular flexibility index (Phi) is 6.50. The molecule has 0 aliphatic carbocycles. The number of rotatable bonds is 6. The van der Waals surface area contributed by atoms with Crippen molar-refractivity contribution >= 4 is 43.2 Å². The van der Waals surface area contributed by atoms with Crippen LogP contribution >= 0.6 is 15.9 Å². The third-order valence-electron chi connectivity index (χ3n) is 5.74. The molecule has 0 aromatic heterocycles. The highest BCUT2D eigenvalue weighted by molar-refractivity contribution is 9.10. The number of ether oxygens (including phenoxy) is 1. The number of hydrogen-bond acceptors (Lipinski definition) is 4. The zero-order chi connectivity index (χ0) is 23.8. The van der Waals surface area contributed by atoms with E-state index in [2.05, 4.69) is 15.9 Å². The molecule has 0 fully saturated rings. The number of halogens is 1. The zero-order valence-corrected chi connectivity index (χ0v) is 21.1. The molecule has 0 saturated heterocycles. The lowest BCUT2D eigenvalue weighted by molar-refractivity contribution is -0.117. The molecule has 3 aromatic rings. The number of aryl methyl sites for hydroxylation is 1. The van der Waals surface area contributed by atoms with E-state index in [-0.39, 0.29) is 29.1 Å². The number of fused-ring (bicyclic) bond motifs is 1. The SMILES string of the molecule is COc1ccc(C)cc1S(=O)(=O)N(CC(=O)N1c2ccc(Br)cc2C[C@@H]1C)c1ccccc1. The van der Waals surface area contributed by atoms with Gasteiger partial charge in [-0.15, -0.1) is 0 Å². The Bertz CT molecular complexity index is 1300. The quantitative estimate of drug-likeness (QED) is 0.454. The number of hydrogen-bond donors (Lipinski definition) is 0. The number of amides is 1. The van der Waals surface area contributed by atoms with Crippen LogP contribution in [0.2, 0.25) is 0 Å². The van der Waals surface area contributed by atoms with Gasteiger partial charge in [0.2, 0.25) is 5.91 Å². The first-order valence-corrected chi connectivity index (χ1v) is 12.8. The molecule has 1 heterocycles. The molecule has 0 spiro atoms. The molecule has 0 bridgehead atoms. The highest BCUT2D eigenvalue weighted by atomic mass is 79.9. The van der Waals surface area contributed by atoms with Gasteiger partial charge in [0.15, 0.2) is 0 Å². The number of nitrogens with zero attached hydrogens (tertiary/aromatic N) is 2. The van der Waals surface area contributed by atoms with Crippen LogP contribution in [0, 0.1) is 6.92 Å². The number of benzene rings is 3. The topological polar surface area (TPSA) is 66.9 Å². The normalized spacial score (nSPS) is 15.3. The van der Waals surface area contributed by atoms with Crippen LogP contribution in [0.25, 0.3) is 0 Å². The molecule has 172 valence electrons. The van der Waals surface area contributed by atoms with E-state index < -0.39 is 10.0 Å². The van der Waals surface area contributed by atoms with Crippen molar-refractivity contribution in [3.63, 3.8) is 0 Å².